The van der Waals surface area contributed by atoms with Gasteiger partial charge in [-0.15, -0.1) is 0 Å². The molecule has 134 valence electrons. The molecule has 2 rings (SSSR count). The molecule has 2 N–H and O–H groups in total. The first-order valence-electron chi connectivity index (χ1n) is 7.78. The van der Waals surface area contributed by atoms with Crippen molar-refractivity contribution in [2.45, 2.75) is 31.8 Å². The summed E-state index contributed by atoms with van der Waals surface area (Å²) in [5.74, 6) is -0.797. The summed E-state index contributed by atoms with van der Waals surface area (Å²) in [6, 6.07) is 5.21. The topological polar surface area (TPSA) is 55.6 Å². The molecule has 0 aromatic heterocycles. The average molecular weight is 348 g/mol. The van der Waals surface area contributed by atoms with Gasteiger partial charge in [0.25, 0.3) is 5.91 Å². The summed E-state index contributed by atoms with van der Waals surface area (Å²) >= 11 is 0. The lowest BCUT2D eigenvalue weighted by molar-refractivity contribution is -0.253. The predicted octanol–water partition coefficient (Wildman–Crippen LogP) is 3.12. The SMILES string of the molecule is NCC[C@@H]1CCCN(C(=O)c2ccccc2OC(F)(F)C(F)F)C1. The number of rotatable bonds is 6. The lowest BCUT2D eigenvalue weighted by Crippen LogP contribution is -2.41. The number of ether oxygens (including phenoxy) is 1. The molecular weight excluding hydrogens is 328 g/mol. The van der Waals surface area contributed by atoms with Gasteiger partial charge in [0.2, 0.25) is 0 Å². The van der Waals surface area contributed by atoms with E-state index in [1.54, 1.807) is 0 Å². The second kappa shape index (κ2) is 7.83. The van der Waals surface area contributed by atoms with Crippen molar-refractivity contribution in [3.05, 3.63) is 29.8 Å². The van der Waals surface area contributed by atoms with Gasteiger partial charge in [-0.3, -0.25) is 4.79 Å². The summed E-state index contributed by atoms with van der Waals surface area (Å²) in [6.07, 6.45) is -6.13. The first kappa shape index (κ1) is 18.5. The van der Waals surface area contributed by atoms with Crippen LogP contribution in [0.4, 0.5) is 17.6 Å². The number of nitrogens with two attached hydrogens (primary N) is 1. The number of likely N-dealkylation sites (tertiary alicyclic amines) is 1. The molecule has 1 aliphatic heterocycles. The number of piperidine rings is 1. The molecule has 1 aliphatic rings. The minimum atomic E-state index is -4.65. The van der Waals surface area contributed by atoms with Crippen molar-refractivity contribution in [1.29, 1.82) is 0 Å². The van der Waals surface area contributed by atoms with Crippen LogP contribution < -0.4 is 10.5 Å². The predicted molar refractivity (Wildman–Crippen MR) is 80.3 cm³/mol. The van der Waals surface area contributed by atoms with Crippen molar-refractivity contribution in [1.82, 2.24) is 4.90 Å². The van der Waals surface area contributed by atoms with Crippen molar-refractivity contribution in [3.63, 3.8) is 0 Å². The highest BCUT2D eigenvalue weighted by Crippen LogP contribution is 2.31. The van der Waals surface area contributed by atoms with Crippen LogP contribution >= 0.6 is 0 Å². The molecule has 1 saturated heterocycles. The molecule has 24 heavy (non-hydrogen) atoms. The Kier molecular flexibility index (Phi) is 6.04. The second-order valence-corrected chi connectivity index (χ2v) is 5.80. The first-order valence-corrected chi connectivity index (χ1v) is 7.78. The van der Waals surface area contributed by atoms with Crippen LogP contribution in [-0.2, 0) is 0 Å². The molecule has 0 radical (unpaired) electrons. The van der Waals surface area contributed by atoms with Gasteiger partial charge in [-0.25, -0.2) is 0 Å². The molecule has 0 saturated carbocycles. The number of carbonyl (C=O) groups excluding carboxylic acids is 1. The van der Waals surface area contributed by atoms with Crippen molar-refractivity contribution in [2.24, 2.45) is 11.7 Å². The lowest BCUT2D eigenvalue weighted by Gasteiger charge is -2.33. The first-order chi connectivity index (χ1) is 11.3. The molecule has 8 heteroatoms. The Morgan fingerprint density at radius 1 is 1.38 bits per heavy atom. The third-order valence-corrected chi connectivity index (χ3v) is 4.00. The second-order valence-electron chi connectivity index (χ2n) is 5.80. The van der Waals surface area contributed by atoms with E-state index in [4.69, 9.17) is 5.73 Å². The minimum Gasteiger partial charge on any atom is -0.427 e. The van der Waals surface area contributed by atoms with E-state index in [0.29, 0.717) is 19.6 Å². The number of hydrogen-bond acceptors (Lipinski definition) is 3. The van der Waals surface area contributed by atoms with Crippen LogP contribution in [0.5, 0.6) is 5.75 Å². The highest BCUT2D eigenvalue weighted by atomic mass is 19.3. The van der Waals surface area contributed by atoms with E-state index in [1.807, 2.05) is 0 Å². The Balaban J connectivity index is 2.18. The van der Waals surface area contributed by atoms with Crippen LogP contribution in [0, 0.1) is 5.92 Å². The van der Waals surface area contributed by atoms with Gasteiger partial charge in [0.15, 0.2) is 0 Å². The molecule has 0 aliphatic carbocycles. The minimum absolute atomic E-state index is 0.147. The summed E-state index contributed by atoms with van der Waals surface area (Å²) in [6.45, 7) is 1.46. The Hall–Kier alpha value is -1.83. The van der Waals surface area contributed by atoms with E-state index in [-0.39, 0.29) is 11.5 Å². The number of alkyl halides is 4. The van der Waals surface area contributed by atoms with Crippen LogP contribution in [0.25, 0.3) is 0 Å². The van der Waals surface area contributed by atoms with Crippen LogP contribution in [0.1, 0.15) is 29.6 Å². The zero-order valence-electron chi connectivity index (χ0n) is 13.1. The van der Waals surface area contributed by atoms with Gasteiger partial charge in [0.1, 0.15) is 5.75 Å². The van der Waals surface area contributed by atoms with Crippen LogP contribution in [0.15, 0.2) is 24.3 Å². The number of halogens is 4. The van der Waals surface area contributed by atoms with E-state index in [2.05, 4.69) is 4.74 Å². The van der Waals surface area contributed by atoms with Gasteiger partial charge < -0.3 is 15.4 Å². The number of benzene rings is 1. The van der Waals surface area contributed by atoms with Crippen LogP contribution in [0.3, 0.4) is 0 Å². The summed E-state index contributed by atoms with van der Waals surface area (Å²) in [5.41, 5.74) is 5.39. The number of carbonyl (C=O) groups is 1. The molecule has 1 aromatic carbocycles. The third kappa shape index (κ3) is 4.37. The maximum atomic E-state index is 13.2. The van der Waals surface area contributed by atoms with Gasteiger partial charge in [0.05, 0.1) is 5.56 Å². The number of hydrogen-bond donors (Lipinski definition) is 1. The zero-order valence-corrected chi connectivity index (χ0v) is 13.1. The van der Waals surface area contributed by atoms with E-state index >= 15 is 0 Å². The van der Waals surface area contributed by atoms with E-state index in [1.165, 1.54) is 23.1 Å². The smallest absolute Gasteiger partial charge is 0.427 e. The Morgan fingerprint density at radius 2 is 2.08 bits per heavy atom. The quantitative estimate of drug-likeness (QED) is 0.804. The van der Waals surface area contributed by atoms with Crippen molar-refractivity contribution >= 4 is 5.91 Å². The largest absolute Gasteiger partial charge is 0.461 e. The van der Waals surface area contributed by atoms with Gasteiger partial charge in [-0.1, -0.05) is 12.1 Å². The maximum Gasteiger partial charge on any atom is 0.461 e. The average Bonchev–Trinajstić information content (AvgIpc) is 2.55. The Bertz CT molecular complexity index is 567. The van der Waals surface area contributed by atoms with Crippen molar-refractivity contribution < 1.29 is 27.1 Å². The molecule has 0 bridgehead atoms. The fraction of sp³-hybridized carbons (Fsp3) is 0.562. The van der Waals surface area contributed by atoms with Crippen LogP contribution in [0.2, 0.25) is 0 Å². The van der Waals surface area contributed by atoms with Gasteiger partial charge in [0, 0.05) is 13.1 Å². The highest BCUT2D eigenvalue weighted by Gasteiger charge is 2.44. The van der Waals surface area contributed by atoms with E-state index < -0.39 is 24.2 Å². The number of nitrogens with zero attached hydrogens (tertiary/aromatic N) is 1. The molecule has 0 spiro atoms. The molecule has 1 atom stereocenters. The zero-order chi connectivity index (χ0) is 17.7. The van der Waals surface area contributed by atoms with E-state index in [9.17, 15) is 22.4 Å². The monoisotopic (exact) mass is 348 g/mol. The third-order valence-electron chi connectivity index (χ3n) is 4.00. The molecule has 1 amide bonds. The van der Waals surface area contributed by atoms with Crippen molar-refractivity contribution in [3.8, 4) is 5.75 Å². The van der Waals surface area contributed by atoms with Crippen LogP contribution in [-0.4, -0.2) is 43.0 Å². The summed E-state index contributed by atoms with van der Waals surface area (Å²) in [7, 11) is 0. The van der Waals surface area contributed by atoms with Gasteiger partial charge in [-0.2, -0.15) is 17.6 Å². The summed E-state index contributed by atoms with van der Waals surface area (Å²) in [5, 5.41) is 0. The lowest BCUT2D eigenvalue weighted by atomic mass is 9.94. The molecular formula is C16H20F4N2O2. The summed E-state index contributed by atoms with van der Waals surface area (Å²) < 4.78 is 55.1. The molecule has 1 aromatic rings. The fourth-order valence-electron chi connectivity index (χ4n) is 2.81. The summed E-state index contributed by atoms with van der Waals surface area (Å²) in [4.78, 5) is 14.1. The fourth-order valence-corrected chi connectivity index (χ4v) is 2.81. The molecule has 0 unspecified atom stereocenters. The molecule has 1 heterocycles. The van der Waals surface area contributed by atoms with E-state index in [0.717, 1.165) is 25.3 Å². The standard InChI is InChI=1S/C16H20F4N2O2/c17-15(18)16(19,20)24-13-6-2-1-5-12(13)14(23)22-9-3-4-11(10-22)7-8-21/h1-2,5-6,11,15H,3-4,7-10,21H2/t11-/m0/s1. The number of para-hydroxylation sites is 1. The Morgan fingerprint density at radius 3 is 2.75 bits per heavy atom. The maximum absolute atomic E-state index is 13.2. The van der Waals surface area contributed by atoms with Gasteiger partial charge >= 0.3 is 12.5 Å². The normalized spacial score (nSPS) is 18.8. The molecule has 4 nitrogen and oxygen atoms in total. The Labute approximate surface area is 137 Å². The highest BCUT2D eigenvalue weighted by molar-refractivity contribution is 5.97. The molecule has 1 fully saturated rings. The number of amides is 1. The van der Waals surface area contributed by atoms with Gasteiger partial charge in [-0.05, 0) is 43.9 Å². The van der Waals surface area contributed by atoms with Crippen molar-refractivity contribution in [2.75, 3.05) is 19.6 Å².